The number of hydrogen-bond donors (Lipinski definition) is 0. The average molecular weight is 280 g/mol. The van der Waals surface area contributed by atoms with Gasteiger partial charge in [0.1, 0.15) is 0 Å². The van der Waals surface area contributed by atoms with Gasteiger partial charge in [0.05, 0.1) is 25.5 Å². The van der Waals surface area contributed by atoms with Gasteiger partial charge in [-0.05, 0) is 44.4 Å². The summed E-state index contributed by atoms with van der Waals surface area (Å²) in [5.41, 5.74) is 0. The Balaban J connectivity index is 2.56. The topological polar surface area (TPSA) is 27.7 Å². The van der Waals surface area contributed by atoms with Crippen molar-refractivity contribution in [2.24, 2.45) is 5.92 Å². The summed E-state index contributed by atoms with van der Waals surface area (Å²) in [6, 6.07) is 0. The fourth-order valence-corrected chi connectivity index (χ4v) is 5.34. The van der Waals surface area contributed by atoms with Gasteiger partial charge in [-0.3, -0.25) is 0 Å². The quantitative estimate of drug-likeness (QED) is 0.635. The van der Waals surface area contributed by atoms with Crippen molar-refractivity contribution in [2.45, 2.75) is 46.1 Å². The molecule has 1 rings (SSSR count). The molecule has 0 aromatic heterocycles. The lowest BCUT2D eigenvalue weighted by Crippen LogP contribution is -2.22. The molecule has 0 aliphatic carbocycles. The summed E-state index contributed by atoms with van der Waals surface area (Å²) in [5, 5.41) is 0. The first-order valence-corrected chi connectivity index (χ1v) is 9.47. The highest BCUT2D eigenvalue weighted by Crippen LogP contribution is 2.51. The van der Waals surface area contributed by atoms with Crippen molar-refractivity contribution in [3.8, 4) is 0 Å². The van der Waals surface area contributed by atoms with Crippen molar-refractivity contribution < 1.29 is 13.8 Å². The molecule has 3 nitrogen and oxygen atoms in total. The monoisotopic (exact) mass is 280 g/mol. The Kier molecular flexibility index (Phi) is 7.20. The molecule has 0 saturated carbocycles. The van der Waals surface area contributed by atoms with Crippen LogP contribution in [0.1, 0.15) is 40.0 Å². The van der Waals surface area contributed by atoms with Crippen LogP contribution in [0.3, 0.4) is 0 Å². The Morgan fingerprint density at radius 1 is 1.24 bits per heavy atom. The SMILES string of the molecule is CCC[C@@H]1CCO[C@@H]1CP(=S)(OCC)OCC. The second-order valence-electron chi connectivity index (χ2n) is 4.38. The van der Waals surface area contributed by atoms with Gasteiger partial charge in [-0.25, -0.2) is 0 Å². The molecule has 5 heteroatoms. The van der Waals surface area contributed by atoms with Crippen molar-refractivity contribution >= 4 is 18.3 Å². The van der Waals surface area contributed by atoms with Crippen LogP contribution in [-0.2, 0) is 25.6 Å². The molecule has 0 aromatic rings. The maximum atomic E-state index is 5.81. The fourth-order valence-electron chi connectivity index (χ4n) is 2.35. The van der Waals surface area contributed by atoms with E-state index in [1.807, 2.05) is 13.8 Å². The third-order valence-electron chi connectivity index (χ3n) is 3.06. The van der Waals surface area contributed by atoms with E-state index in [1.165, 1.54) is 12.8 Å². The predicted molar refractivity (Wildman–Crippen MR) is 75.2 cm³/mol. The molecular formula is C12H25O3PS. The minimum absolute atomic E-state index is 0.249. The summed E-state index contributed by atoms with van der Waals surface area (Å²) in [5.74, 6) is 0.642. The molecule has 0 N–H and O–H groups in total. The van der Waals surface area contributed by atoms with Gasteiger partial charge in [0.2, 0.25) is 0 Å². The van der Waals surface area contributed by atoms with Gasteiger partial charge in [0.25, 0.3) is 0 Å². The normalized spacial score (nSPS) is 25.4. The van der Waals surface area contributed by atoms with Crippen molar-refractivity contribution in [2.75, 3.05) is 26.0 Å². The molecule has 1 aliphatic heterocycles. The lowest BCUT2D eigenvalue weighted by molar-refractivity contribution is 0.101. The van der Waals surface area contributed by atoms with Crippen LogP contribution in [0.4, 0.5) is 0 Å². The van der Waals surface area contributed by atoms with Gasteiger partial charge in [-0.2, -0.15) is 0 Å². The summed E-state index contributed by atoms with van der Waals surface area (Å²) in [4.78, 5) is 0. The minimum atomic E-state index is -2.12. The molecule has 1 aliphatic rings. The Morgan fingerprint density at radius 3 is 2.41 bits per heavy atom. The first-order chi connectivity index (χ1) is 8.15. The molecule has 0 unspecified atom stereocenters. The summed E-state index contributed by atoms with van der Waals surface area (Å²) in [6.07, 6.45) is 4.61. The maximum absolute atomic E-state index is 5.81. The minimum Gasteiger partial charge on any atom is -0.377 e. The number of ether oxygens (including phenoxy) is 1. The molecule has 0 bridgehead atoms. The van der Waals surface area contributed by atoms with E-state index in [1.54, 1.807) is 0 Å². The van der Waals surface area contributed by atoms with Crippen LogP contribution in [-0.4, -0.2) is 32.1 Å². The zero-order valence-corrected chi connectivity index (χ0v) is 12.9. The second-order valence-corrected chi connectivity index (χ2v) is 8.15. The highest BCUT2D eigenvalue weighted by Gasteiger charge is 2.33. The first-order valence-electron chi connectivity index (χ1n) is 6.65. The van der Waals surface area contributed by atoms with Gasteiger partial charge >= 0.3 is 0 Å². The van der Waals surface area contributed by atoms with Gasteiger partial charge in [0.15, 0.2) is 6.49 Å². The van der Waals surface area contributed by atoms with Crippen molar-refractivity contribution in [3.05, 3.63) is 0 Å². The van der Waals surface area contributed by atoms with Crippen molar-refractivity contribution in [1.82, 2.24) is 0 Å². The maximum Gasteiger partial charge on any atom is 0.191 e. The highest BCUT2D eigenvalue weighted by atomic mass is 32.5. The molecule has 102 valence electrons. The summed E-state index contributed by atoms with van der Waals surface area (Å²) < 4.78 is 17.2. The Morgan fingerprint density at radius 2 is 1.88 bits per heavy atom. The summed E-state index contributed by atoms with van der Waals surface area (Å²) in [7, 11) is 0. The van der Waals surface area contributed by atoms with Crippen LogP contribution in [0.25, 0.3) is 0 Å². The van der Waals surface area contributed by atoms with E-state index in [9.17, 15) is 0 Å². The average Bonchev–Trinajstić information content (AvgIpc) is 2.66. The molecule has 2 atom stereocenters. The van der Waals surface area contributed by atoms with E-state index < -0.39 is 6.49 Å². The van der Waals surface area contributed by atoms with Crippen LogP contribution in [0.15, 0.2) is 0 Å². The molecule has 1 heterocycles. The van der Waals surface area contributed by atoms with Crippen LogP contribution in [0.5, 0.6) is 0 Å². The number of rotatable bonds is 8. The molecule has 0 spiro atoms. The van der Waals surface area contributed by atoms with Crippen LogP contribution >= 0.6 is 6.49 Å². The lowest BCUT2D eigenvalue weighted by atomic mass is 9.97. The molecule has 1 fully saturated rings. The zero-order chi connectivity index (χ0) is 12.7. The van der Waals surface area contributed by atoms with E-state index >= 15 is 0 Å². The zero-order valence-electron chi connectivity index (χ0n) is 11.2. The summed E-state index contributed by atoms with van der Waals surface area (Å²) >= 11 is 5.56. The predicted octanol–water partition coefficient (Wildman–Crippen LogP) is 3.57. The number of hydrogen-bond acceptors (Lipinski definition) is 4. The molecule has 1 saturated heterocycles. The third-order valence-corrected chi connectivity index (χ3v) is 6.25. The van der Waals surface area contributed by atoms with Crippen molar-refractivity contribution in [3.63, 3.8) is 0 Å². The Hall–Kier alpha value is 0.530. The largest absolute Gasteiger partial charge is 0.377 e. The second kappa shape index (κ2) is 7.85. The van der Waals surface area contributed by atoms with E-state index in [-0.39, 0.29) is 6.10 Å². The molecule has 0 aromatic carbocycles. The van der Waals surface area contributed by atoms with Crippen LogP contribution in [0.2, 0.25) is 0 Å². The van der Waals surface area contributed by atoms with Gasteiger partial charge in [-0.15, -0.1) is 0 Å². The molecule has 0 amide bonds. The molecule has 0 radical (unpaired) electrons. The van der Waals surface area contributed by atoms with Gasteiger partial charge < -0.3 is 13.8 Å². The van der Waals surface area contributed by atoms with Crippen LogP contribution < -0.4 is 0 Å². The van der Waals surface area contributed by atoms with Crippen molar-refractivity contribution in [1.29, 1.82) is 0 Å². The van der Waals surface area contributed by atoms with Gasteiger partial charge in [0, 0.05) is 6.61 Å². The fraction of sp³-hybridized carbons (Fsp3) is 1.00. The Bertz CT molecular complexity index is 250. The first kappa shape index (κ1) is 15.6. The third kappa shape index (κ3) is 4.96. The Labute approximate surface area is 110 Å². The standard InChI is InChI=1S/C12H25O3PS/c1-4-7-11-8-9-13-12(11)10-16(17,14-5-2)15-6-3/h11-12H,4-10H2,1-3H3/t11-,12-/m1/s1. The molecular weight excluding hydrogens is 255 g/mol. The van der Waals surface area contributed by atoms with E-state index in [0.717, 1.165) is 19.2 Å². The highest BCUT2D eigenvalue weighted by molar-refractivity contribution is 8.09. The van der Waals surface area contributed by atoms with Crippen LogP contribution in [0, 0.1) is 5.92 Å². The van der Waals surface area contributed by atoms with Gasteiger partial charge in [-0.1, -0.05) is 13.3 Å². The summed E-state index contributed by atoms with van der Waals surface area (Å²) in [6.45, 7) is 6.16. The van der Waals surface area contributed by atoms with E-state index in [0.29, 0.717) is 19.1 Å². The lowest BCUT2D eigenvalue weighted by Gasteiger charge is -2.26. The van der Waals surface area contributed by atoms with E-state index in [4.69, 9.17) is 25.6 Å². The molecule has 17 heavy (non-hydrogen) atoms. The van der Waals surface area contributed by atoms with E-state index in [2.05, 4.69) is 6.92 Å². The smallest absolute Gasteiger partial charge is 0.191 e.